The maximum atomic E-state index is 11.8. The maximum Gasteiger partial charge on any atom is 0.326 e. The molecule has 20 heavy (non-hydrogen) atoms. The summed E-state index contributed by atoms with van der Waals surface area (Å²) in [7, 11) is 1.48. The standard InChI is InChI=1S/C14H20N2O4/c1-10(11-6-4-3-5-7-11)15-14(19)16-12(13(17)18)8-9-20-2/h3-7,10,12H,8-9H2,1-2H3,(H,17,18)(H2,15,16,19). The molecule has 0 heterocycles. The molecule has 0 saturated heterocycles. The summed E-state index contributed by atoms with van der Waals surface area (Å²) < 4.78 is 4.82. The van der Waals surface area contributed by atoms with E-state index in [0.29, 0.717) is 0 Å². The van der Waals surface area contributed by atoms with Crippen molar-refractivity contribution in [3.05, 3.63) is 35.9 Å². The molecule has 2 amide bonds. The van der Waals surface area contributed by atoms with Gasteiger partial charge in [-0.3, -0.25) is 0 Å². The Balaban J connectivity index is 2.51. The smallest absolute Gasteiger partial charge is 0.326 e. The average molecular weight is 280 g/mol. The molecule has 0 saturated carbocycles. The van der Waals surface area contributed by atoms with Gasteiger partial charge in [-0.1, -0.05) is 30.3 Å². The molecule has 6 heteroatoms. The van der Waals surface area contributed by atoms with E-state index in [9.17, 15) is 9.59 Å². The van der Waals surface area contributed by atoms with Crippen LogP contribution in [0.25, 0.3) is 0 Å². The van der Waals surface area contributed by atoms with Gasteiger partial charge in [-0.25, -0.2) is 9.59 Å². The number of amides is 2. The minimum Gasteiger partial charge on any atom is -0.480 e. The van der Waals surface area contributed by atoms with Crippen LogP contribution in [0, 0.1) is 0 Å². The van der Waals surface area contributed by atoms with Crippen LogP contribution in [0.5, 0.6) is 0 Å². The van der Waals surface area contributed by atoms with Crippen LogP contribution in [0.4, 0.5) is 4.79 Å². The van der Waals surface area contributed by atoms with Gasteiger partial charge in [0.2, 0.25) is 0 Å². The molecule has 1 aromatic carbocycles. The van der Waals surface area contributed by atoms with E-state index < -0.39 is 18.0 Å². The molecule has 0 aliphatic heterocycles. The Labute approximate surface area is 118 Å². The first-order valence-corrected chi connectivity index (χ1v) is 6.38. The summed E-state index contributed by atoms with van der Waals surface area (Å²) in [5, 5.41) is 14.1. The lowest BCUT2D eigenvalue weighted by Crippen LogP contribution is -2.47. The number of carboxylic acid groups (broad SMARTS) is 1. The number of hydrogen-bond donors (Lipinski definition) is 3. The van der Waals surface area contributed by atoms with Gasteiger partial charge in [0.05, 0.1) is 6.04 Å². The van der Waals surface area contributed by atoms with Gasteiger partial charge >= 0.3 is 12.0 Å². The SMILES string of the molecule is COCCC(NC(=O)NC(C)c1ccccc1)C(=O)O. The van der Waals surface area contributed by atoms with Crippen LogP contribution in [0.1, 0.15) is 24.9 Å². The number of aliphatic carboxylic acids is 1. The van der Waals surface area contributed by atoms with Crippen molar-refractivity contribution in [2.24, 2.45) is 0 Å². The Kier molecular flexibility index (Phi) is 6.52. The molecule has 0 aromatic heterocycles. The third-order valence-corrected chi connectivity index (χ3v) is 2.86. The number of carbonyl (C=O) groups excluding carboxylic acids is 1. The highest BCUT2D eigenvalue weighted by Crippen LogP contribution is 2.10. The number of hydrogen-bond acceptors (Lipinski definition) is 3. The fraction of sp³-hybridized carbons (Fsp3) is 0.429. The lowest BCUT2D eigenvalue weighted by atomic mass is 10.1. The largest absolute Gasteiger partial charge is 0.480 e. The number of ether oxygens (including phenoxy) is 1. The number of carbonyl (C=O) groups is 2. The lowest BCUT2D eigenvalue weighted by Gasteiger charge is -2.18. The van der Waals surface area contributed by atoms with E-state index in [1.165, 1.54) is 7.11 Å². The molecule has 0 spiro atoms. The van der Waals surface area contributed by atoms with Gasteiger partial charge in [-0.05, 0) is 12.5 Å². The molecule has 1 rings (SSSR count). The first-order valence-electron chi connectivity index (χ1n) is 6.38. The quantitative estimate of drug-likeness (QED) is 0.707. The van der Waals surface area contributed by atoms with E-state index in [1.807, 2.05) is 37.3 Å². The molecule has 1 aromatic rings. The first kappa shape index (κ1) is 16.0. The van der Waals surface area contributed by atoms with Gasteiger partial charge in [0.1, 0.15) is 6.04 Å². The third kappa shape index (κ3) is 5.27. The van der Waals surface area contributed by atoms with Crippen molar-refractivity contribution in [2.75, 3.05) is 13.7 Å². The van der Waals surface area contributed by atoms with Crippen molar-refractivity contribution < 1.29 is 19.4 Å². The van der Waals surface area contributed by atoms with Crippen molar-refractivity contribution in [1.29, 1.82) is 0 Å². The number of urea groups is 1. The van der Waals surface area contributed by atoms with E-state index >= 15 is 0 Å². The summed E-state index contributed by atoms with van der Waals surface area (Å²) in [5.41, 5.74) is 0.950. The molecule has 2 unspecified atom stereocenters. The summed E-state index contributed by atoms with van der Waals surface area (Å²) in [4.78, 5) is 22.8. The molecule has 0 bridgehead atoms. The van der Waals surface area contributed by atoms with Crippen molar-refractivity contribution in [3.63, 3.8) is 0 Å². The Hall–Kier alpha value is -2.08. The Bertz CT molecular complexity index is 436. The molecular weight excluding hydrogens is 260 g/mol. The lowest BCUT2D eigenvalue weighted by molar-refractivity contribution is -0.139. The highest BCUT2D eigenvalue weighted by molar-refractivity contribution is 5.82. The Morgan fingerprint density at radius 3 is 2.45 bits per heavy atom. The van der Waals surface area contributed by atoms with Gasteiger partial charge in [-0.2, -0.15) is 0 Å². The average Bonchev–Trinajstić information content (AvgIpc) is 2.44. The summed E-state index contributed by atoms with van der Waals surface area (Å²) in [5.74, 6) is -1.08. The van der Waals surface area contributed by atoms with E-state index in [1.54, 1.807) is 0 Å². The van der Waals surface area contributed by atoms with Crippen LogP contribution in [-0.4, -0.2) is 36.9 Å². The van der Waals surface area contributed by atoms with Gasteiger partial charge in [-0.15, -0.1) is 0 Å². The van der Waals surface area contributed by atoms with E-state index in [2.05, 4.69) is 10.6 Å². The third-order valence-electron chi connectivity index (χ3n) is 2.86. The molecule has 0 aliphatic carbocycles. The number of nitrogens with one attached hydrogen (secondary N) is 2. The van der Waals surface area contributed by atoms with Crippen LogP contribution in [0.3, 0.4) is 0 Å². The van der Waals surface area contributed by atoms with Crippen LogP contribution in [0.2, 0.25) is 0 Å². The zero-order valence-corrected chi connectivity index (χ0v) is 11.6. The second-order valence-electron chi connectivity index (χ2n) is 4.42. The molecule has 2 atom stereocenters. The van der Waals surface area contributed by atoms with Gasteiger partial charge in [0.15, 0.2) is 0 Å². The Morgan fingerprint density at radius 2 is 1.90 bits per heavy atom. The van der Waals surface area contributed by atoms with Gasteiger partial charge in [0.25, 0.3) is 0 Å². The van der Waals surface area contributed by atoms with Crippen LogP contribution < -0.4 is 10.6 Å². The van der Waals surface area contributed by atoms with Crippen molar-refractivity contribution >= 4 is 12.0 Å². The van der Waals surface area contributed by atoms with Crippen LogP contribution in [-0.2, 0) is 9.53 Å². The molecule has 6 nitrogen and oxygen atoms in total. The highest BCUT2D eigenvalue weighted by atomic mass is 16.5. The van der Waals surface area contributed by atoms with Crippen molar-refractivity contribution in [1.82, 2.24) is 10.6 Å². The predicted molar refractivity (Wildman–Crippen MR) is 74.4 cm³/mol. The maximum absolute atomic E-state index is 11.8. The number of rotatable bonds is 7. The minimum absolute atomic E-state index is 0.201. The summed E-state index contributed by atoms with van der Waals surface area (Å²) >= 11 is 0. The number of methoxy groups -OCH3 is 1. The summed E-state index contributed by atoms with van der Waals surface area (Å²) in [6.45, 7) is 2.10. The van der Waals surface area contributed by atoms with E-state index in [0.717, 1.165) is 5.56 Å². The fourth-order valence-electron chi connectivity index (χ4n) is 1.71. The molecule has 0 fully saturated rings. The molecular formula is C14H20N2O4. The number of benzene rings is 1. The van der Waals surface area contributed by atoms with Crippen LogP contribution in [0.15, 0.2) is 30.3 Å². The van der Waals surface area contributed by atoms with Crippen molar-refractivity contribution in [3.8, 4) is 0 Å². The van der Waals surface area contributed by atoms with Gasteiger partial charge < -0.3 is 20.5 Å². The molecule has 0 aliphatic rings. The Morgan fingerprint density at radius 1 is 1.25 bits per heavy atom. The summed E-state index contributed by atoms with van der Waals surface area (Å²) in [6.07, 6.45) is 0.221. The highest BCUT2D eigenvalue weighted by Gasteiger charge is 2.20. The molecule has 3 N–H and O–H groups in total. The predicted octanol–water partition coefficient (Wildman–Crippen LogP) is 1.54. The van der Waals surface area contributed by atoms with Crippen LogP contribution >= 0.6 is 0 Å². The molecule has 110 valence electrons. The second kappa shape index (κ2) is 8.16. The second-order valence-corrected chi connectivity index (χ2v) is 4.42. The zero-order valence-electron chi connectivity index (χ0n) is 11.6. The van der Waals surface area contributed by atoms with Gasteiger partial charge in [0, 0.05) is 20.1 Å². The topological polar surface area (TPSA) is 87.7 Å². The van der Waals surface area contributed by atoms with E-state index in [4.69, 9.17) is 9.84 Å². The fourth-order valence-corrected chi connectivity index (χ4v) is 1.71. The van der Waals surface area contributed by atoms with Crippen molar-refractivity contribution in [2.45, 2.75) is 25.4 Å². The zero-order chi connectivity index (χ0) is 15.0. The molecule has 0 radical (unpaired) electrons. The normalized spacial score (nSPS) is 13.3. The number of carboxylic acids is 1. The van der Waals surface area contributed by atoms with E-state index in [-0.39, 0.29) is 19.1 Å². The first-order chi connectivity index (χ1) is 9.54. The monoisotopic (exact) mass is 280 g/mol. The minimum atomic E-state index is -1.08. The summed E-state index contributed by atoms with van der Waals surface area (Å²) in [6, 6.07) is 7.76.